The van der Waals surface area contributed by atoms with E-state index < -0.39 is 6.10 Å². The highest BCUT2D eigenvalue weighted by Gasteiger charge is 2.15. The second-order valence-corrected chi connectivity index (χ2v) is 6.32. The molecule has 1 amide bonds. The lowest BCUT2D eigenvalue weighted by Crippen LogP contribution is -2.36. The third kappa shape index (κ3) is 4.40. The third-order valence-corrected chi connectivity index (χ3v) is 4.09. The Bertz CT molecular complexity index is 879. The summed E-state index contributed by atoms with van der Waals surface area (Å²) in [6, 6.07) is 9.09. The van der Waals surface area contributed by atoms with Crippen LogP contribution in [0.3, 0.4) is 0 Å². The molecule has 0 saturated heterocycles. The number of carbonyl (C=O) groups excluding carboxylic acids is 1. The van der Waals surface area contributed by atoms with Gasteiger partial charge in [-0.2, -0.15) is 0 Å². The minimum absolute atomic E-state index is 0.196. The largest absolute Gasteiger partial charge is 0.481 e. The molecule has 0 aliphatic rings. The number of rotatable bonds is 6. The highest BCUT2D eigenvalue weighted by Crippen LogP contribution is 2.22. The van der Waals surface area contributed by atoms with Gasteiger partial charge in [0.1, 0.15) is 17.9 Å². The summed E-state index contributed by atoms with van der Waals surface area (Å²) in [7, 11) is 0. The minimum Gasteiger partial charge on any atom is -0.481 e. The Morgan fingerprint density at radius 3 is 2.85 bits per heavy atom. The summed E-state index contributed by atoms with van der Waals surface area (Å²) >= 11 is 5.93. The van der Waals surface area contributed by atoms with Crippen molar-refractivity contribution in [3.05, 3.63) is 71.4 Å². The molecule has 3 rings (SSSR count). The number of benzene rings is 1. The molecule has 0 bridgehead atoms. The number of nitrogens with zero attached hydrogens (tertiary/aromatic N) is 3. The van der Waals surface area contributed by atoms with Crippen LogP contribution in [-0.2, 0) is 11.3 Å². The summed E-state index contributed by atoms with van der Waals surface area (Å²) in [5, 5.41) is 3.49. The number of imidazole rings is 1. The molecule has 26 heavy (non-hydrogen) atoms. The zero-order valence-electron chi connectivity index (χ0n) is 14.5. The molecule has 2 heterocycles. The maximum Gasteiger partial charge on any atom is 0.261 e. The molecule has 0 spiro atoms. The second kappa shape index (κ2) is 8.01. The third-order valence-electron chi connectivity index (χ3n) is 3.85. The Labute approximate surface area is 156 Å². The quantitative estimate of drug-likeness (QED) is 0.722. The fraction of sp³-hybridized carbons (Fsp3) is 0.211. The predicted octanol–water partition coefficient (Wildman–Crippen LogP) is 3.31. The molecule has 1 unspecified atom stereocenters. The first kappa shape index (κ1) is 17.9. The molecule has 0 saturated carbocycles. The number of ether oxygens (including phenoxy) is 1. The monoisotopic (exact) mass is 370 g/mol. The van der Waals surface area contributed by atoms with Crippen molar-refractivity contribution in [1.29, 1.82) is 0 Å². The smallest absolute Gasteiger partial charge is 0.261 e. The number of aromatic nitrogens is 3. The zero-order chi connectivity index (χ0) is 18.5. The lowest BCUT2D eigenvalue weighted by molar-refractivity contribution is -0.127. The number of amides is 1. The van der Waals surface area contributed by atoms with Crippen LogP contribution in [0.1, 0.15) is 18.1 Å². The molecule has 1 N–H and O–H groups in total. The van der Waals surface area contributed by atoms with E-state index in [9.17, 15) is 4.79 Å². The van der Waals surface area contributed by atoms with E-state index in [-0.39, 0.29) is 5.91 Å². The molecule has 134 valence electrons. The summed E-state index contributed by atoms with van der Waals surface area (Å²) < 4.78 is 7.53. The molecule has 0 aliphatic heterocycles. The van der Waals surface area contributed by atoms with Crippen molar-refractivity contribution in [2.75, 3.05) is 0 Å². The molecule has 1 aromatic carbocycles. The number of hydrogen-bond acceptors (Lipinski definition) is 4. The number of aryl methyl sites for hydroxylation is 1. The first-order chi connectivity index (χ1) is 12.5. The van der Waals surface area contributed by atoms with Gasteiger partial charge < -0.3 is 10.1 Å². The van der Waals surface area contributed by atoms with Crippen molar-refractivity contribution in [2.24, 2.45) is 0 Å². The van der Waals surface area contributed by atoms with Gasteiger partial charge in [0.25, 0.3) is 5.91 Å². The number of nitrogens with one attached hydrogen (secondary N) is 1. The molecule has 1 atom stereocenters. The van der Waals surface area contributed by atoms with E-state index in [1.54, 1.807) is 43.8 Å². The van der Waals surface area contributed by atoms with Crippen molar-refractivity contribution in [2.45, 2.75) is 26.5 Å². The average Bonchev–Trinajstić information content (AvgIpc) is 3.17. The van der Waals surface area contributed by atoms with Gasteiger partial charge in [-0.1, -0.05) is 17.7 Å². The van der Waals surface area contributed by atoms with E-state index in [4.69, 9.17) is 16.3 Å². The summed E-state index contributed by atoms with van der Waals surface area (Å²) in [4.78, 5) is 20.6. The van der Waals surface area contributed by atoms with Crippen LogP contribution in [0.2, 0.25) is 5.02 Å². The number of pyridine rings is 1. The molecular formula is C19H19ClN4O2. The van der Waals surface area contributed by atoms with Crippen LogP contribution >= 0.6 is 11.6 Å². The number of carbonyl (C=O) groups is 1. The van der Waals surface area contributed by atoms with Crippen molar-refractivity contribution in [3.8, 4) is 11.6 Å². The van der Waals surface area contributed by atoms with Gasteiger partial charge in [0.15, 0.2) is 6.10 Å². The maximum atomic E-state index is 12.3. The Balaban J connectivity index is 1.54. The summed E-state index contributed by atoms with van der Waals surface area (Å²) in [5.41, 5.74) is 1.79. The lowest BCUT2D eigenvalue weighted by atomic mass is 10.2. The van der Waals surface area contributed by atoms with Gasteiger partial charge in [-0.25, -0.2) is 9.97 Å². The van der Waals surface area contributed by atoms with Crippen LogP contribution in [0, 0.1) is 6.92 Å². The minimum atomic E-state index is -0.618. The summed E-state index contributed by atoms with van der Waals surface area (Å²) in [6.45, 7) is 3.98. The van der Waals surface area contributed by atoms with Gasteiger partial charge >= 0.3 is 0 Å². The van der Waals surface area contributed by atoms with E-state index in [1.807, 2.05) is 29.8 Å². The molecule has 7 heteroatoms. The van der Waals surface area contributed by atoms with Gasteiger partial charge in [0, 0.05) is 30.2 Å². The van der Waals surface area contributed by atoms with Gasteiger partial charge in [0.05, 0.1) is 0 Å². The molecule has 2 aromatic heterocycles. The van der Waals surface area contributed by atoms with E-state index in [0.717, 1.165) is 16.9 Å². The molecular weight excluding hydrogens is 352 g/mol. The van der Waals surface area contributed by atoms with Crippen LogP contribution in [0.15, 0.2) is 55.2 Å². The first-order valence-corrected chi connectivity index (χ1v) is 8.54. The van der Waals surface area contributed by atoms with Crippen molar-refractivity contribution >= 4 is 17.5 Å². The fourth-order valence-corrected chi connectivity index (χ4v) is 2.62. The molecule has 6 nitrogen and oxygen atoms in total. The summed E-state index contributed by atoms with van der Waals surface area (Å²) in [5.74, 6) is 1.22. The fourth-order valence-electron chi connectivity index (χ4n) is 2.39. The van der Waals surface area contributed by atoms with Crippen molar-refractivity contribution in [1.82, 2.24) is 19.9 Å². The average molecular weight is 371 g/mol. The Kier molecular flexibility index (Phi) is 5.53. The Morgan fingerprint density at radius 1 is 1.35 bits per heavy atom. The van der Waals surface area contributed by atoms with Crippen molar-refractivity contribution < 1.29 is 9.53 Å². The van der Waals surface area contributed by atoms with Crippen LogP contribution in [-0.4, -0.2) is 26.5 Å². The second-order valence-electron chi connectivity index (χ2n) is 5.88. The number of halogens is 1. The standard InChI is InChI=1S/C19H19ClN4O2/c1-13-9-16(20)4-5-17(13)26-14(2)19(25)23-11-15-3-6-18(22-10-15)24-8-7-21-12-24/h3-10,12,14H,11H2,1-2H3,(H,23,25). The maximum absolute atomic E-state index is 12.3. The SMILES string of the molecule is Cc1cc(Cl)ccc1OC(C)C(=O)NCc1ccc(-n2ccnc2)nc1. The predicted molar refractivity (Wildman–Crippen MR) is 99.5 cm³/mol. The zero-order valence-corrected chi connectivity index (χ0v) is 15.3. The highest BCUT2D eigenvalue weighted by molar-refractivity contribution is 6.30. The van der Waals surface area contributed by atoms with Crippen LogP contribution < -0.4 is 10.1 Å². The van der Waals surface area contributed by atoms with Gasteiger partial charge in [0.2, 0.25) is 0 Å². The van der Waals surface area contributed by atoms with Crippen LogP contribution in [0.25, 0.3) is 5.82 Å². The van der Waals surface area contributed by atoms with Gasteiger partial charge in [-0.15, -0.1) is 0 Å². The van der Waals surface area contributed by atoms with Crippen LogP contribution in [0.4, 0.5) is 0 Å². The van der Waals surface area contributed by atoms with E-state index in [1.165, 1.54) is 0 Å². The highest BCUT2D eigenvalue weighted by atomic mass is 35.5. The van der Waals surface area contributed by atoms with E-state index in [2.05, 4.69) is 15.3 Å². The molecule has 0 fully saturated rings. The number of hydrogen-bond donors (Lipinski definition) is 1. The van der Waals surface area contributed by atoms with E-state index in [0.29, 0.717) is 17.3 Å². The van der Waals surface area contributed by atoms with E-state index >= 15 is 0 Å². The van der Waals surface area contributed by atoms with Crippen molar-refractivity contribution in [3.63, 3.8) is 0 Å². The molecule has 3 aromatic rings. The van der Waals surface area contributed by atoms with Gasteiger partial charge in [-0.05, 0) is 49.2 Å². The Morgan fingerprint density at radius 2 is 2.19 bits per heavy atom. The molecule has 0 radical (unpaired) electrons. The lowest BCUT2D eigenvalue weighted by Gasteiger charge is -2.16. The summed E-state index contributed by atoms with van der Waals surface area (Å²) in [6.07, 6.45) is 6.31. The topological polar surface area (TPSA) is 69.0 Å². The van der Waals surface area contributed by atoms with Gasteiger partial charge in [-0.3, -0.25) is 9.36 Å². The molecule has 0 aliphatic carbocycles. The van der Waals surface area contributed by atoms with Crippen LogP contribution in [0.5, 0.6) is 5.75 Å². The normalized spacial score (nSPS) is 11.8. The Hall–Kier alpha value is -2.86. The first-order valence-electron chi connectivity index (χ1n) is 8.16.